The van der Waals surface area contributed by atoms with Crippen LogP contribution >= 0.6 is 0 Å². The molecule has 0 spiro atoms. The molecule has 0 heterocycles. The number of aliphatic hydroxyl groups excluding tert-OH is 1. The smallest absolute Gasteiger partial charge is 0.167 e. The van der Waals surface area contributed by atoms with Crippen molar-refractivity contribution in [3.63, 3.8) is 0 Å². The molecule has 0 bridgehead atoms. The predicted molar refractivity (Wildman–Crippen MR) is 75.3 cm³/mol. The Hall–Kier alpha value is -1.70. The van der Waals surface area contributed by atoms with E-state index in [9.17, 15) is 5.11 Å². The molecule has 0 saturated heterocycles. The molecule has 0 aliphatic rings. The van der Waals surface area contributed by atoms with Gasteiger partial charge in [0.2, 0.25) is 0 Å². The van der Waals surface area contributed by atoms with Gasteiger partial charge in [-0.15, -0.1) is 6.42 Å². The van der Waals surface area contributed by atoms with Gasteiger partial charge >= 0.3 is 0 Å². The van der Waals surface area contributed by atoms with Gasteiger partial charge in [0.25, 0.3) is 0 Å². The second kappa shape index (κ2) is 8.41. The average Bonchev–Trinajstić information content (AvgIpc) is 2.38. The van der Waals surface area contributed by atoms with Gasteiger partial charge in [0.05, 0.1) is 12.7 Å². The fraction of sp³-hybridized carbons (Fsp3) is 0.467. The lowest BCUT2D eigenvalue weighted by Crippen LogP contribution is -2.24. The van der Waals surface area contributed by atoms with Gasteiger partial charge in [-0.1, -0.05) is 18.1 Å². The molecule has 4 nitrogen and oxygen atoms in total. The molecule has 1 aromatic carbocycles. The molecule has 19 heavy (non-hydrogen) atoms. The van der Waals surface area contributed by atoms with E-state index in [-0.39, 0.29) is 12.7 Å². The summed E-state index contributed by atoms with van der Waals surface area (Å²) in [6, 6.07) is 5.71. The topological polar surface area (TPSA) is 50.7 Å². The van der Waals surface area contributed by atoms with Crippen LogP contribution in [0.5, 0.6) is 11.5 Å². The molecular weight excluding hydrogens is 242 g/mol. The van der Waals surface area contributed by atoms with Crippen molar-refractivity contribution in [2.24, 2.45) is 0 Å². The van der Waals surface area contributed by atoms with E-state index in [2.05, 4.69) is 11.2 Å². The minimum Gasteiger partial charge on any atom is -0.490 e. The molecule has 0 amide bonds. The number of aliphatic hydroxyl groups is 1. The minimum atomic E-state index is -0.384. The van der Waals surface area contributed by atoms with Crippen LogP contribution in [0.2, 0.25) is 0 Å². The zero-order valence-corrected chi connectivity index (χ0v) is 11.5. The molecule has 0 aliphatic carbocycles. The van der Waals surface area contributed by atoms with Gasteiger partial charge in [-0.25, -0.2) is 0 Å². The maximum atomic E-state index is 9.23. The fourth-order valence-corrected chi connectivity index (χ4v) is 1.66. The second-order valence-electron chi connectivity index (χ2n) is 4.15. The summed E-state index contributed by atoms with van der Waals surface area (Å²) in [4.78, 5) is 0. The normalized spacial score (nSPS) is 11.7. The molecule has 104 valence electrons. The number of ether oxygens (including phenoxy) is 2. The summed E-state index contributed by atoms with van der Waals surface area (Å²) in [6.45, 7) is 5.53. The summed E-state index contributed by atoms with van der Waals surface area (Å²) >= 11 is 0. The van der Waals surface area contributed by atoms with E-state index >= 15 is 0 Å². The minimum absolute atomic E-state index is 0.202. The van der Waals surface area contributed by atoms with Crippen LogP contribution in [0.3, 0.4) is 0 Å². The SMILES string of the molecule is C#CCOc1c(CNC[C@@H](C)O)cccc1OCC. The summed E-state index contributed by atoms with van der Waals surface area (Å²) < 4.78 is 11.1. The van der Waals surface area contributed by atoms with Gasteiger partial charge in [0.1, 0.15) is 6.61 Å². The highest BCUT2D eigenvalue weighted by Crippen LogP contribution is 2.31. The summed E-state index contributed by atoms with van der Waals surface area (Å²) in [7, 11) is 0. The third-order valence-corrected chi connectivity index (χ3v) is 2.42. The number of hydrogen-bond donors (Lipinski definition) is 2. The van der Waals surface area contributed by atoms with Crippen molar-refractivity contribution in [2.45, 2.75) is 26.5 Å². The van der Waals surface area contributed by atoms with Gasteiger partial charge in [0, 0.05) is 18.7 Å². The van der Waals surface area contributed by atoms with Crippen LogP contribution in [0.25, 0.3) is 0 Å². The molecule has 0 radical (unpaired) electrons. The first-order chi connectivity index (χ1) is 9.19. The molecule has 4 heteroatoms. The summed E-state index contributed by atoms with van der Waals surface area (Å²) in [5.74, 6) is 3.80. The van der Waals surface area contributed by atoms with Crippen LogP contribution in [0.15, 0.2) is 18.2 Å². The zero-order chi connectivity index (χ0) is 14.1. The molecule has 0 aliphatic heterocycles. The molecule has 1 rings (SSSR count). The number of terminal acetylenes is 1. The highest BCUT2D eigenvalue weighted by molar-refractivity contribution is 5.46. The van der Waals surface area contributed by atoms with Gasteiger partial charge in [-0.05, 0) is 19.9 Å². The largest absolute Gasteiger partial charge is 0.490 e. The maximum absolute atomic E-state index is 9.23. The Kier molecular flexibility index (Phi) is 6.80. The van der Waals surface area contributed by atoms with E-state index in [0.29, 0.717) is 31.2 Å². The Labute approximate surface area is 114 Å². The number of nitrogens with one attached hydrogen (secondary N) is 1. The number of hydrogen-bond acceptors (Lipinski definition) is 4. The van der Waals surface area contributed by atoms with E-state index in [1.807, 2.05) is 25.1 Å². The highest BCUT2D eigenvalue weighted by Gasteiger charge is 2.10. The molecule has 0 unspecified atom stereocenters. The Balaban J connectivity index is 2.81. The predicted octanol–water partition coefficient (Wildman–Crippen LogP) is 1.57. The van der Waals surface area contributed by atoms with Crippen molar-refractivity contribution < 1.29 is 14.6 Å². The van der Waals surface area contributed by atoms with Crippen molar-refractivity contribution >= 4 is 0 Å². The molecule has 0 saturated carbocycles. The maximum Gasteiger partial charge on any atom is 0.167 e. The fourth-order valence-electron chi connectivity index (χ4n) is 1.66. The van der Waals surface area contributed by atoms with Crippen molar-refractivity contribution in [1.82, 2.24) is 5.32 Å². The van der Waals surface area contributed by atoms with Gasteiger partial charge in [-0.2, -0.15) is 0 Å². The lowest BCUT2D eigenvalue weighted by Gasteiger charge is -2.15. The van der Waals surface area contributed by atoms with Crippen molar-refractivity contribution in [3.05, 3.63) is 23.8 Å². The van der Waals surface area contributed by atoms with E-state index in [1.54, 1.807) is 6.92 Å². The molecule has 1 atom stereocenters. The Morgan fingerprint density at radius 2 is 2.21 bits per heavy atom. The first-order valence-electron chi connectivity index (χ1n) is 6.38. The van der Waals surface area contributed by atoms with Gasteiger partial charge in [-0.3, -0.25) is 0 Å². The third-order valence-electron chi connectivity index (χ3n) is 2.42. The lowest BCUT2D eigenvalue weighted by molar-refractivity contribution is 0.190. The molecule has 1 aromatic rings. The molecular formula is C15H21NO3. The highest BCUT2D eigenvalue weighted by atomic mass is 16.5. The van der Waals surface area contributed by atoms with E-state index in [0.717, 1.165) is 5.56 Å². The van der Waals surface area contributed by atoms with E-state index in [4.69, 9.17) is 15.9 Å². The molecule has 2 N–H and O–H groups in total. The average molecular weight is 263 g/mol. The van der Waals surface area contributed by atoms with Crippen molar-refractivity contribution in [3.8, 4) is 23.8 Å². The first-order valence-corrected chi connectivity index (χ1v) is 6.38. The summed E-state index contributed by atoms with van der Waals surface area (Å²) in [5.41, 5.74) is 0.960. The second-order valence-corrected chi connectivity index (χ2v) is 4.15. The quantitative estimate of drug-likeness (QED) is 0.699. The van der Waals surface area contributed by atoms with E-state index < -0.39 is 0 Å². The van der Waals surface area contributed by atoms with Crippen molar-refractivity contribution in [1.29, 1.82) is 0 Å². The van der Waals surface area contributed by atoms with Gasteiger partial charge in [0.15, 0.2) is 11.5 Å². The van der Waals surface area contributed by atoms with Crippen LogP contribution in [-0.2, 0) is 6.54 Å². The van der Waals surface area contributed by atoms with Crippen LogP contribution in [0.1, 0.15) is 19.4 Å². The standard InChI is InChI=1S/C15H21NO3/c1-4-9-19-15-13(11-16-10-12(3)17)7-6-8-14(15)18-5-2/h1,6-8,12,16-17H,5,9-11H2,2-3H3/t12-/m1/s1. The number of benzene rings is 1. The Morgan fingerprint density at radius 1 is 1.42 bits per heavy atom. The summed E-state index contributed by atoms with van der Waals surface area (Å²) in [6.07, 6.45) is 4.84. The van der Waals surface area contributed by atoms with Crippen LogP contribution < -0.4 is 14.8 Å². The van der Waals surface area contributed by atoms with Crippen molar-refractivity contribution in [2.75, 3.05) is 19.8 Å². The third kappa shape index (κ3) is 5.21. The van der Waals surface area contributed by atoms with Crippen LogP contribution in [-0.4, -0.2) is 31.0 Å². The molecule has 0 aromatic heterocycles. The van der Waals surface area contributed by atoms with Crippen LogP contribution in [0.4, 0.5) is 0 Å². The summed E-state index contributed by atoms with van der Waals surface area (Å²) in [5, 5.41) is 12.4. The monoisotopic (exact) mass is 263 g/mol. The number of para-hydroxylation sites is 1. The van der Waals surface area contributed by atoms with Gasteiger partial charge < -0.3 is 19.9 Å². The lowest BCUT2D eigenvalue weighted by atomic mass is 10.2. The Morgan fingerprint density at radius 3 is 2.84 bits per heavy atom. The van der Waals surface area contributed by atoms with E-state index in [1.165, 1.54) is 0 Å². The Bertz CT molecular complexity index is 424. The molecule has 0 fully saturated rings. The number of rotatable bonds is 8. The first kappa shape index (κ1) is 15.4. The zero-order valence-electron chi connectivity index (χ0n) is 11.5. The van der Waals surface area contributed by atoms with Crippen LogP contribution in [0, 0.1) is 12.3 Å².